The first-order valence-corrected chi connectivity index (χ1v) is 5.28. The summed E-state index contributed by atoms with van der Waals surface area (Å²) in [5.41, 5.74) is 0. The molecule has 14 heavy (non-hydrogen) atoms. The van der Waals surface area contributed by atoms with Crippen molar-refractivity contribution in [1.82, 2.24) is 0 Å². The molecule has 0 amide bonds. The normalized spacial score (nSPS) is 14.3. The lowest BCUT2D eigenvalue weighted by atomic mass is 10.0. The second-order valence-electron chi connectivity index (χ2n) is 3.12. The Hall–Kier alpha value is -0.450. The van der Waals surface area contributed by atoms with E-state index in [9.17, 15) is 13.2 Å². The van der Waals surface area contributed by atoms with Crippen LogP contribution < -0.4 is 0 Å². The molecule has 1 nitrogen and oxygen atoms in total. The van der Waals surface area contributed by atoms with E-state index in [1.54, 1.807) is 12.1 Å². The average molecular weight is 271 g/mol. The number of furan rings is 1. The molecule has 0 N–H and O–H groups in total. The van der Waals surface area contributed by atoms with Gasteiger partial charge in [-0.05, 0) is 18.1 Å². The predicted octanol–water partition coefficient (Wildman–Crippen LogP) is 3.79. The summed E-state index contributed by atoms with van der Waals surface area (Å²) >= 11 is 3.07. The molecule has 0 unspecified atom stereocenters. The van der Waals surface area contributed by atoms with Crippen LogP contribution in [0.25, 0.3) is 0 Å². The monoisotopic (exact) mass is 270 g/mol. The van der Waals surface area contributed by atoms with Gasteiger partial charge >= 0.3 is 6.18 Å². The topological polar surface area (TPSA) is 13.1 Å². The summed E-state index contributed by atoms with van der Waals surface area (Å²) in [6.07, 6.45) is -3.10. The zero-order chi connectivity index (χ0) is 10.6. The number of halogens is 4. The molecule has 0 aliphatic heterocycles. The first-order valence-electron chi connectivity index (χ1n) is 4.16. The van der Waals surface area contributed by atoms with Crippen LogP contribution in [-0.4, -0.2) is 11.5 Å². The average Bonchev–Trinajstić information content (AvgIpc) is 2.53. The van der Waals surface area contributed by atoms with E-state index in [4.69, 9.17) is 4.42 Å². The maximum Gasteiger partial charge on any atom is 0.389 e. The standard InChI is InChI=1S/C9H10BrF3O/c10-6-7(5-9(11,12)13)4-8-2-1-3-14-8/h1-3,7H,4-6H2/t7-/m0/s1. The van der Waals surface area contributed by atoms with Gasteiger partial charge in [-0.2, -0.15) is 13.2 Å². The molecule has 0 saturated heterocycles. The highest BCUT2D eigenvalue weighted by Crippen LogP contribution is 2.28. The fourth-order valence-corrected chi connectivity index (χ4v) is 1.68. The first kappa shape index (κ1) is 11.6. The van der Waals surface area contributed by atoms with Gasteiger partial charge < -0.3 is 4.42 Å². The van der Waals surface area contributed by atoms with E-state index in [2.05, 4.69) is 15.9 Å². The Balaban J connectivity index is 2.47. The zero-order valence-corrected chi connectivity index (χ0v) is 8.94. The minimum Gasteiger partial charge on any atom is -0.469 e. The summed E-state index contributed by atoms with van der Waals surface area (Å²) in [4.78, 5) is 0. The van der Waals surface area contributed by atoms with Crippen LogP contribution in [0.2, 0.25) is 0 Å². The Morgan fingerprint density at radius 1 is 1.43 bits per heavy atom. The van der Waals surface area contributed by atoms with Gasteiger partial charge in [0.2, 0.25) is 0 Å². The van der Waals surface area contributed by atoms with Crippen molar-refractivity contribution in [2.75, 3.05) is 5.33 Å². The fourth-order valence-electron chi connectivity index (χ4n) is 1.22. The zero-order valence-electron chi connectivity index (χ0n) is 7.35. The summed E-state index contributed by atoms with van der Waals surface area (Å²) in [7, 11) is 0. The molecule has 5 heteroatoms. The van der Waals surface area contributed by atoms with Gasteiger partial charge in [-0.25, -0.2) is 0 Å². The number of hydrogen-bond donors (Lipinski definition) is 0. The van der Waals surface area contributed by atoms with E-state index in [1.165, 1.54) is 6.26 Å². The van der Waals surface area contributed by atoms with Crippen molar-refractivity contribution in [3.05, 3.63) is 24.2 Å². The van der Waals surface area contributed by atoms with Crippen molar-refractivity contribution in [2.24, 2.45) is 5.92 Å². The van der Waals surface area contributed by atoms with Crippen molar-refractivity contribution >= 4 is 15.9 Å². The molecule has 0 aromatic carbocycles. The van der Waals surface area contributed by atoms with Crippen LogP contribution in [0.4, 0.5) is 13.2 Å². The summed E-state index contributed by atoms with van der Waals surface area (Å²) < 4.78 is 41.2. The molecule has 1 rings (SSSR count). The van der Waals surface area contributed by atoms with E-state index in [0.717, 1.165) is 0 Å². The van der Waals surface area contributed by atoms with Crippen molar-refractivity contribution < 1.29 is 17.6 Å². The van der Waals surface area contributed by atoms with Crippen molar-refractivity contribution in [3.8, 4) is 0 Å². The minimum absolute atomic E-state index is 0.317. The maximum atomic E-state index is 12.1. The van der Waals surface area contributed by atoms with Gasteiger partial charge in [-0.3, -0.25) is 0 Å². The number of rotatable bonds is 4. The lowest BCUT2D eigenvalue weighted by Gasteiger charge is -2.14. The third-order valence-corrected chi connectivity index (χ3v) is 2.72. The molecule has 0 spiro atoms. The summed E-state index contributed by atoms with van der Waals surface area (Å²) in [5.74, 6) is 0.139. The Kier molecular flexibility index (Phi) is 4.04. The Morgan fingerprint density at radius 2 is 2.14 bits per heavy atom. The van der Waals surface area contributed by atoms with Crippen LogP contribution in [0.3, 0.4) is 0 Å². The summed E-state index contributed by atoms with van der Waals surface area (Å²) in [6.45, 7) is 0. The Labute approximate surface area is 88.4 Å². The quantitative estimate of drug-likeness (QED) is 0.759. The number of alkyl halides is 4. The highest BCUT2D eigenvalue weighted by atomic mass is 79.9. The molecule has 1 aromatic heterocycles. The molecule has 0 bridgehead atoms. The van der Waals surface area contributed by atoms with E-state index < -0.39 is 18.5 Å². The summed E-state index contributed by atoms with van der Waals surface area (Å²) in [6, 6.07) is 3.36. The molecular formula is C9H10BrF3O. The van der Waals surface area contributed by atoms with Gasteiger partial charge in [0.1, 0.15) is 5.76 Å². The SMILES string of the molecule is FC(F)(F)C[C@@H](CBr)Cc1ccco1. The van der Waals surface area contributed by atoms with Gasteiger partial charge in [0, 0.05) is 18.2 Å². The molecule has 0 aliphatic carbocycles. The molecule has 0 aliphatic rings. The van der Waals surface area contributed by atoms with Crippen LogP contribution in [-0.2, 0) is 6.42 Å². The van der Waals surface area contributed by atoms with Crippen molar-refractivity contribution in [2.45, 2.75) is 19.0 Å². The van der Waals surface area contributed by atoms with Crippen LogP contribution in [0.5, 0.6) is 0 Å². The van der Waals surface area contributed by atoms with E-state index in [1.807, 2.05) is 0 Å². The minimum atomic E-state index is -4.11. The molecule has 0 radical (unpaired) electrons. The molecule has 1 heterocycles. The second kappa shape index (κ2) is 4.87. The first-order chi connectivity index (χ1) is 6.51. The van der Waals surface area contributed by atoms with Crippen molar-refractivity contribution in [1.29, 1.82) is 0 Å². The van der Waals surface area contributed by atoms with Crippen LogP contribution >= 0.6 is 15.9 Å². The highest BCUT2D eigenvalue weighted by molar-refractivity contribution is 9.09. The van der Waals surface area contributed by atoms with Gasteiger partial charge in [0.25, 0.3) is 0 Å². The molecular weight excluding hydrogens is 261 g/mol. The third kappa shape index (κ3) is 4.17. The van der Waals surface area contributed by atoms with Crippen molar-refractivity contribution in [3.63, 3.8) is 0 Å². The molecule has 1 aromatic rings. The number of hydrogen-bond acceptors (Lipinski definition) is 1. The Bertz CT molecular complexity index is 256. The van der Waals surface area contributed by atoms with Gasteiger partial charge in [0.15, 0.2) is 0 Å². The van der Waals surface area contributed by atoms with Gasteiger partial charge in [-0.15, -0.1) is 0 Å². The van der Waals surface area contributed by atoms with E-state index >= 15 is 0 Å². The highest BCUT2D eigenvalue weighted by Gasteiger charge is 2.31. The molecule has 0 fully saturated rings. The van der Waals surface area contributed by atoms with Crippen LogP contribution in [0, 0.1) is 5.92 Å². The van der Waals surface area contributed by atoms with Gasteiger partial charge in [0.05, 0.1) is 6.26 Å². The molecule has 80 valence electrons. The third-order valence-electron chi connectivity index (χ3n) is 1.81. The Morgan fingerprint density at radius 3 is 2.57 bits per heavy atom. The predicted molar refractivity (Wildman–Crippen MR) is 50.4 cm³/mol. The lowest BCUT2D eigenvalue weighted by molar-refractivity contribution is -0.142. The van der Waals surface area contributed by atoms with Gasteiger partial charge in [-0.1, -0.05) is 15.9 Å². The lowest BCUT2D eigenvalue weighted by Crippen LogP contribution is -2.17. The molecule has 0 saturated carbocycles. The smallest absolute Gasteiger partial charge is 0.389 e. The van der Waals surface area contributed by atoms with Crippen LogP contribution in [0.15, 0.2) is 22.8 Å². The maximum absolute atomic E-state index is 12.1. The largest absolute Gasteiger partial charge is 0.469 e. The van der Waals surface area contributed by atoms with E-state index in [0.29, 0.717) is 17.5 Å². The summed E-state index contributed by atoms with van der Waals surface area (Å²) in [5, 5.41) is 0.327. The fraction of sp³-hybridized carbons (Fsp3) is 0.556. The molecule has 1 atom stereocenters. The van der Waals surface area contributed by atoms with E-state index in [-0.39, 0.29) is 0 Å². The second-order valence-corrected chi connectivity index (χ2v) is 3.77. The van der Waals surface area contributed by atoms with Crippen LogP contribution in [0.1, 0.15) is 12.2 Å².